The molecule has 0 aliphatic heterocycles. The zero-order chi connectivity index (χ0) is 11.4. The zero-order valence-electron chi connectivity index (χ0n) is 10.3. The highest BCUT2D eigenvalue weighted by Gasteiger charge is 2.20. The van der Waals surface area contributed by atoms with E-state index in [-0.39, 0.29) is 0 Å². The van der Waals surface area contributed by atoms with E-state index in [9.17, 15) is 0 Å². The van der Waals surface area contributed by atoms with Gasteiger partial charge in [-0.25, -0.2) is 4.98 Å². The van der Waals surface area contributed by atoms with Gasteiger partial charge in [0.25, 0.3) is 0 Å². The molecule has 1 aliphatic carbocycles. The summed E-state index contributed by atoms with van der Waals surface area (Å²) in [6, 6.07) is 0.737. The van der Waals surface area contributed by atoms with Crippen LogP contribution in [0.2, 0.25) is 0 Å². The third-order valence-electron chi connectivity index (χ3n) is 3.59. The van der Waals surface area contributed by atoms with Gasteiger partial charge in [-0.15, -0.1) is 11.3 Å². The van der Waals surface area contributed by atoms with Crippen molar-refractivity contribution in [2.24, 2.45) is 5.92 Å². The van der Waals surface area contributed by atoms with Gasteiger partial charge in [0.2, 0.25) is 0 Å². The highest BCUT2D eigenvalue weighted by molar-refractivity contribution is 7.11. The van der Waals surface area contributed by atoms with Gasteiger partial charge in [-0.3, -0.25) is 0 Å². The van der Waals surface area contributed by atoms with Crippen LogP contribution in [-0.4, -0.2) is 11.0 Å². The lowest BCUT2D eigenvalue weighted by molar-refractivity contribution is 0.279. The average Bonchev–Trinajstić information content (AvgIpc) is 2.73. The van der Waals surface area contributed by atoms with Gasteiger partial charge < -0.3 is 5.32 Å². The third kappa shape index (κ3) is 3.29. The molecule has 0 aromatic carbocycles. The molecule has 1 fully saturated rings. The van der Waals surface area contributed by atoms with Crippen molar-refractivity contribution in [1.29, 1.82) is 0 Å². The molecule has 1 aromatic heterocycles. The number of aromatic nitrogens is 1. The summed E-state index contributed by atoms with van der Waals surface area (Å²) < 4.78 is 0. The first-order valence-electron chi connectivity index (χ1n) is 6.42. The van der Waals surface area contributed by atoms with Gasteiger partial charge >= 0.3 is 0 Å². The Morgan fingerprint density at radius 2 is 2.38 bits per heavy atom. The molecule has 0 saturated heterocycles. The van der Waals surface area contributed by atoms with Crippen molar-refractivity contribution in [1.82, 2.24) is 10.3 Å². The molecule has 1 N–H and O–H groups in total. The summed E-state index contributed by atoms with van der Waals surface area (Å²) in [5, 5.41) is 4.86. The molecular weight excluding hydrogens is 216 g/mol. The predicted molar refractivity (Wildman–Crippen MR) is 69.7 cm³/mol. The monoisotopic (exact) mass is 238 g/mol. The molecule has 2 nitrogen and oxygen atoms in total. The lowest BCUT2D eigenvalue weighted by Crippen LogP contribution is -2.33. The quantitative estimate of drug-likeness (QED) is 0.868. The van der Waals surface area contributed by atoms with Crippen LogP contribution in [0.4, 0.5) is 0 Å². The SMILES string of the molecule is CCC1CCCC(NCc2cnc(C)s2)C1. The maximum atomic E-state index is 4.29. The second kappa shape index (κ2) is 5.78. The number of nitrogens with one attached hydrogen (secondary N) is 1. The van der Waals surface area contributed by atoms with E-state index >= 15 is 0 Å². The summed E-state index contributed by atoms with van der Waals surface area (Å²) in [5.74, 6) is 0.953. The zero-order valence-corrected chi connectivity index (χ0v) is 11.1. The normalized spacial score (nSPS) is 25.9. The molecular formula is C13H22N2S. The first kappa shape index (κ1) is 12.1. The van der Waals surface area contributed by atoms with Crippen LogP contribution in [-0.2, 0) is 6.54 Å². The Bertz CT molecular complexity index is 321. The topological polar surface area (TPSA) is 24.9 Å². The maximum Gasteiger partial charge on any atom is 0.0897 e. The number of aryl methyl sites for hydroxylation is 1. The van der Waals surface area contributed by atoms with E-state index in [1.165, 1.54) is 42.0 Å². The summed E-state index contributed by atoms with van der Waals surface area (Å²) in [7, 11) is 0. The van der Waals surface area contributed by atoms with Gasteiger partial charge in [-0.2, -0.15) is 0 Å². The number of thiazole rings is 1. The Morgan fingerprint density at radius 3 is 3.06 bits per heavy atom. The van der Waals surface area contributed by atoms with E-state index in [1.54, 1.807) is 0 Å². The molecule has 3 heteroatoms. The third-order valence-corrected chi connectivity index (χ3v) is 4.51. The molecule has 0 amide bonds. The number of hydrogen-bond acceptors (Lipinski definition) is 3. The molecule has 1 aliphatic rings. The van der Waals surface area contributed by atoms with Gasteiger partial charge in [-0.05, 0) is 25.7 Å². The lowest BCUT2D eigenvalue weighted by Gasteiger charge is -2.29. The van der Waals surface area contributed by atoms with E-state index in [2.05, 4.69) is 24.1 Å². The summed E-state index contributed by atoms with van der Waals surface area (Å²) in [6.45, 7) is 5.40. The van der Waals surface area contributed by atoms with Crippen molar-refractivity contribution in [3.63, 3.8) is 0 Å². The van der Waals surface area contributed by atoms with Crippen molar-refractivity contribution in [3.8, 4) is 0 Å². The van der Waals surface area contributed by atoms with Crippen LogP contribution in [0.1, 0.15) is 48.9 Å². The van der Waals surface area contributed by atoms with E-state index < -0.39 is 0 Å². The van der Waals surface area contributed by atoms with Crippen molar-refractivity contribution in [2.75, 3.05) is 0 Å². The van der Waals surface area contributed by atoms with E-state index in [1.807, 2.05) is 17.5 Å². The van der Waals surface area contributed by atoms with Crippen molar-refractivity contribution < 1.29 is 0 Å². The van der Waals surface area contributed by atoms with Crippen LogP contribution in [0.5, 0.6) is 0 Å². The standard InChI is InChI=1S/C13H22N2S/c1-3-11-5-4-6-12(7-11)15-9-13-8-14-10(2)16-13/h8,11-12,15H,3-7,9H2,1-2H3. The summed E-state index contributed by atoms with van der Waals surface area (Å²) in [5.41, 5.74) is 0. The average molecular weight is 238 g/mol. The Morgan fingerprint density at radius 1 is 1.50 bits per heavy atom. The number of rotatable bonds is 4. The molecule has 90 valence electrons. The van der Waals surface area contributed by atoms with E-state index in [0.717, 1.165) is 18.5 Å². The van der Waals surface area contributed by atoms with Crippen LogP contribution >= 0.6 is 11.3 Å². The first-order valence-corrected chi connectivity index (χ1v) is 7.24. The van der Waals surface area contributed by atoms with Gasteiger partial charge in [0, 0.05) is 23.7 Å². The second-order valence-corrected chi connectivity index (χ2v) is 6.18. The molecule has 2 rings (SSSR count). The maximum absolute atomic E-state index is 4.29. The molecule has 1 saturated carbocycles. The van der Waals surface area contributed by atoms with Crippen LogP contribution in [0.15, 0.2) is 6.20 Å². The minimum absolute atomic E-state index is 0.737. The first-order chi connectivity index (χ1) is 7.78. The molecule has 2 atom stereocenters. The van der Waals surface area contributed by atoms with Crippen molar-refractivity contribution in [2.45, 2.75) is 58.5 Å². The van der Waals surface area contributed by atoms with Gasteiger partial charge in [0.15, 0.2) is 0 Å². The molecule has 0 radical (unpaired) electrons. The highest BCUT2D eigenvalue weighted by atomic mass is 32.1. The van der Waals surface area contributed by atoms with Crippen LogP contribution in [0.3, 0.4) is 0 Å². The Balaban J connectivity index is 1.77. The summed E-state index contributed by atoms with van der Waals surface area (Å²) >= 11 is 1.81. The van der Waals surface area contributed by atoms with Gasteiger partial charge in [-0.1, -0.05) is 26.2 Å². The van der Waals surface area contributed by atoms with E-state index in [0.29, 0.717) is 0 Å². The van der Waals surface area contributed by atoms with Crippen LogP contribution in [0, 0.1) is 12.8 Å². The summed E-state index contributed by atoms with van der Waals surface area (Å²) in [4.78, 5) is 5.66. The van der Waals surface area contributed by atoms with Crippen LogP contribution < -0.4 is 5.32 Å². The molecule has 1 heterocycles. The minimum Gasteiger partial charge on any atom is -0.309 e. The molecule has 2 unspecified atom stereocenters. The molecule has 0 spiro atoms. The Hall–Kier alpha value is -0.410. The number of hydrogen-bond donors (Lipinski definition) is 1. The van der Waals surface area contributed by atoms with Crippen molar-refractivity contribution >= 4 is 11.3 Å². The van der Waals surface area contributed by atoms with Gasteiger partial charge in [0.05, 0.1) is 5.01 Å². The highest BCUT2D eigenvalue weighted by Crippen LogP contribution is 2.26. The molecule has 0 bridgehead atoms. The predicted octanol–water partition coefficient (Wildman–Crippen LogP) is 3.51. The molecule has 16 heavy (non-hydrogen) atoms. The smallest absolute Gasteiger partial charge is 0.0897 e. The van der Waals surface area contributed by atoms with Crippen LogP contribution in [0.25, 0.3) is 0 Å². The van der Waals surface area contributed by atoms with E-state index in [4.69, 9.17) is 0 Å². The lowest BCUT2D eigenvalue weighted by atomic mass is 9.84. The number of nitrogens with zero attached hydrogens (tertiary/aromatic N) is 1. The largest absolute Gasteiger partial charge is 0.309 e. The fourth-order valence-corrected chi connectivity index (χ4v) is 3.32. The second-order valence-electron chi connectivity index (χ2n) is 4.86. The summed E-state index contributed by atoms with van der Waals surface area (Å²) in [6.07, 6.45) is 8.92. The van der Waals surface area contributed by atoms with Gasteiger partial charge in [0.1, 0.15) is 0 Å². The minimum atomic E-state index is 0.737. The fraction of sp³-hybridized carbons (Fsp3) is 0.769. The fourth-order valence-electron chi connectivity index (χ4n) is 2.58. The Kier molecular flexibility index (Phi) is 4.36. The molecule has 1 aromatic rings. The van der Waals surface area contributed by atoms with Crippen molar-refractivity contribution in [3.05, 3.63) is 16.1 Å². The Labute approximate surface area is 102 Å².